The lowest BCUT2D eigenvalue weighted by atomic mass is 9.53. The van der Waals surface area contributed by atoms with Gasteiger partial charge in [0.25, 0.3) is 11.8 Å². The highest BCUT2D eigenvalue weighted by molar-refractivity contribution is 5.95. The van der Waals surface area contributed by atoms with E-state index in [2.05, 4.69) is 28.5 Å². The number of hydrogen-bond acceptors (Lipinski definition) is 5. The summed E-state index contributed by atoms with van der Waals surface area (Å²) in [4.78, 5) is 28.6. The van der Waals surface area contributed by atoms with E-state index in [0.29, 0.717) is 17.0 Å². The minimum Gasteiger partial charge on any atom is -0.497 e. The summed E-state index contributed by atoms with van der Waals surface area (Å²) < 4.78 is 11.1. The minimum atomic E-state index is -0.539. The van der Waals surface area contributed by atoms with E-state index >= 15 is 0 Å². The first-order chi connectivity index (χ1) is 17.4. The van der Waals surface area contributed by atoms with Crippen LogP contribution in [0.25, 0.3) is 0 Å². The van der Waals surface area contributed by atoms with Crippen LogP contribution in [-0.2, 0) is 12.8 Å². The quantitative estimate of drug-likeness (QED) is 0.475. The lowest BCUT2D eigenvalue weighted by Crippen LogP contribution is -2.58. The molecule has 3 aromatic rings. The van der Waals surface area contributed by atoms with Crippen molar-refractivity contribution in [1.82, 2.24) is 10.3 Å². The molecule has 2 saturated carbocycles. The molecular weight excluding hydrogens is 454 g/mol. The summed E-state index contributed by atoms with van der Waals surface area (Å²) >= 11 is 0. The lowest BCUT2D eigenvalue weighted by molar-refractivity contribution is -0.0848. The summed E-state index contributed by atoms with van der Waals surface area (Å²) in [5.74, 6) is 0.600. The smallest absolute Gasteiger partial charge is 0.254 e. The van der Waals surface area contributed by atoms with Gasteiger partial charge in [-0.25, -0.2) is 4.98 Å². The number of amides is 2. The maximum absolute atomic E-state index is 12.9. The third kappa shape index (κ3) is 5.20. The predicted octanol–water partition coefficient (Wildman–Crippen LogP) is 4.09. The second-order valence-electron chi connectivity index (χ2n) is 10.00. The van der Waals surface area contributed by atoms with Crippen LogP contribution in [0.3, 0.4) is 0 Å². The van der Waals surface area contributed by atoms with E-state index in [0.717, 1.165) is 49.8 Å². The van der Waals surface area contributed by atoms with Crippen LogP contribution >= 0.6 is 0 Å². The largest absolute Gasteiger partial charge is 0.497 e. The van der Waals surface area contributed by atoms with Gasteiger partial charge in [0.1, 0.15) is 17.4 Å². The van der Waals surface area contributed by atoms with Gasteiger partial charge < -0.3 is 20.5 Å². The van der Waals surface area contributed by atoms with E-state index in [4.69, 9.17) is 15.2 Å². The van der Waals surface area contributed by atoms with Gasteiger partial charge in [-0.2, -0.15) is 0 Å². The molecule has 1 spiro atoms. The molecule has 7 nitrogen and oxygen atoms in total. The number of benzene rings is 2. The van der Waals surface area contributed by atoms with Crippen molar-refractivity contribution in [3.8, 4) is 11.6 Å². The number of nitrogens with one attached hydrogen (secondary N) is 1. The van der Waals surface area contributed by atoms with E-state index in [1.54, 1.807) is 25.4 Å². The fraction of sp³-hybridized carbons (Fsp3) is 0.345. The Morgan fingerprint density at radius 1 is 1.00 bits per heavy atom. The summed E-state index contributed by atoms with van der Waals surface area (Å²) in [6.07, 6.45) is 7.08. The highest BCUT2D eigenvalue weighted by atomic mass is 16.5. The van der Waals surface area contributed by atoms with Crippen LogP contribution in [0.2, 0.25) is 0 Å². The highest BCUT2D eigenvalue weighted by Crippen LogP contribution is 2.56. The Bertz CT molecular complexity index is 1240. The van der Waals surface area contributed by atoms with Crippen molar-refractivity contribution in [3.63, 3.8) is 0 Å². The van der Waals surface area contributed by atoms with Crippen molar-refractivity contribution in [3.05, 3.63) is 89.1 Å². The first kappa shape index (κ1) is 23.9. The summed E-state index contributed by atoms with van der Waals surface area (Å²) in [5, 5.41) is 3.19. The number of nitrogens with zero attached hydrogens (tertiary/aromatic N) is 1. The molecule has 2 aliphatic carbocycles. The second kappa shape index (κ2) is 10.0. The van der Waals surface area contributed by atoms with Crippen LogP contribution in [0.15, 0.2) is 66.9 Å². The van der Waals surface area contributed by atoms with Crippen molar-refractivity contribution in [2.75, 3.05) is 7.11 Å². The zero-order chi connectivity index (χ0) is 25.1. The van der Waals surface area contributed by atoms with Crippen LogP contribution in [0.5, 0.6) is 11.6 Å². The van der Waals surface area contributed by atoms with Gasteiger partial charge in [-0.15, -0.1) is 0 Å². The SMILES string of the molecule is COc1ccc(CCc2cccc(C(=O)NC3CC4(C3)CC(Oc3ncccc3C(N)=O)C4)c2)cc1. The number of aryl methyl sites for hydroxylation is 2. The maximum Gasteiger partial charge on any atom is 0.254 e. The Morgan fingerprint density at radius 3 is 2.47 bits per heavy atom. The molecule has 2 amide bonds. The van der Waals surface area contributed by atoms with Gasteiger partial charge in [0.15, 0.2) is 0 Å². The number of rotatable bonds is 9. The number of carbonyl (C=O) groups excluding carboxylic acids is 2. The van der Waals surface area contributed by atoms with E-state index in [1.165, 1.54) is 5.56 Å². The fourth-order valence-corrected chi connectivity index (χ4v) is 5.46. The Hall–Kier alpha value is -3.87. The standard InChI is InChI=1S/C29H31N3O4/c1-35-23-11-9-19(10-12-23)7-8-20-4-2-5-21(14-20)27(34)32-22-15-29(16-22)17-24(18-29)36-28-25(26(30)33)6-3-13-31-28/h2-6,9-14,22,24H,7-8,15-18H2,1H3,(H2,30,33)(H,32,34). The molecule has 36 heavy (non-hydrogen) atoms. The van der Waals surface area contributed by atoms with Gasteiger partial charge >= 0.3 is 0 Å². The van der Waals surface area contributed by atoms with Gasteiger partial charge in [0, 0.05) is 17.8 Å². The van der Waals surface area contributed by atoms with E-state index in [-0.39, 0.29) is 23.5 Å². The molecule has 5 rings (SSSR count). The van der Waals surface area contributed by atoms with Crippen LogP contribution in [0, 0.1) is 5.41 Å². The number of pyridine rings is 1. The molecular formula is C29H31N3O4. The Morgan fingerprint density at radius 2 is 1.75 bits per heavy atom. The monoisotopic (exact) mass is 485 g/mol. The average molecular weight is 486 g/mol. The molecule has 0 saturated heterocycles. The third-order valence-corrected chi connectivity index (χ3v) is 7.38. The topological polar surface area (TPSA) is 104 Å². The van der Waals surface area contributed by atoms with Crippen molar-refractivity contribution < 1.29 is 19.1 Å². The van der Waals surface area contributed by atoms with E-state index in [9.17, 15) is 9.59 Å². The Labute approximate surface area is 211 Å². The minimum absolute atomic E-state index is 0.0205. The molecule has 3 N–H and O–H groups in total. The average Bonchev–Trinajstić information content (AvgIpc) is 2.85. The van der Waals surface area contributed by atoms with Crippen LogP contribution in [0.4, 0.5) is 0 Å². The summed E-state index contributed by atoms with van der Waals surface area (Å²) in [6, 6.07) is 19.4. The molecule has 2 fully saturated rings. The van der Waals surface area contributed by atoms with Crippen molar-refractivity contribution in [2.24, 2.45) is 11.1 Å². The summed E-state index contributed by atoms with van der Waals surface area (Å²) in [5.41, 5.74) is 9.02. The van der Waals surface area contributed by atoms with Gasteiger partial charge in [-0.3, -0.25) is 9.59 Å². The molecule has 2 aliphatic rings. The third-order valence-electron chi connectivity index (χ3n) is 7.38. The number of primary amides is 1. The zero-order valence-corrected chi connectivity index (χ0v) is 20.4. The van der Waals surface area contributed by atoms with Crippen molar-refractivity contribution in [2.45, 2.75) is 50.7 Å². The number of hydrogen-bond donors (Lipinski definition) is 2. The Balaban J connectivity index is 1.08. The van der Waals surface area contributed by atoms with Crippen LogP contribution < -0.4 is 20.5 Å². The number of methoxy groups -OCH3 is 1. The first-order valence-electron chi connectivity index (χ1n) is 12.4. The normalized spacial score (nSPS) is 22.2. The molecule has 0 unspecified atom stereocenters. The summed E-state index contributed by atoms with van der Waals surface area (Å²) in [6.45, 7) is 0. The first-order valence-corrected chi connectivity index (χ1v) is 12.4. The lowest BCUT2D eigenvalue weighted by Gasteiger charge is -2.57. The number of aromatic nitrogens is 1. The second-order valence-corrected chi connectivity index (χ2v) is 10.00. The zero-order valence-electron chi connectivity index (χ0n) is 20.4. The number of nitrogens with two attached hydrogens (primary N) is 1. The van der Waals surface area contributed by atoms with Gasteiger partial charge in [0.2, 0.25) is 5.88 Å². The molecule has 2 aromatic carbocycles. The molecule has 186 valence electrons. The molecule has 1 aromatic heterocycles. The maximum atomic E-state index is 12.9. The molecule has 0 bridgehead atoms. The number of carbonyl (C=O) groups is 2. The Kier molecular flexibility index (Phi) is 6.63. The van der Waals surface area contributed by atoms with Crippen molar-refractivity contribution >= 4 is 11.8 Å². The van der Waals surface area contributed by atoms with Crippen LogP contribution in [0.1, 0.15) is 57.5 Å². The van der Waals surface area contributed by atoms with Crippen molar-refractivity contribution in [1.29, 1.82) is 0 Å². The van der Waals surface area contributed by atoms with E-state index < -0.39 is 5.91 Å². The fourth-order valence-electron chi connectivity index (χ4n) is 5.46. The molecule has 7 heteroatoms. The van der Waals surface area contributed by atoms with Gasteiger partial charge in [-0.05, 0) is 91.5 Å². The summed E-state index contributed by atoms with van der Waals surface area (Å²) in [7, 11) is 1.66. The highest BCUT2D eigenvalue weighted by Gasteiger charge is 2.54. The van der Waals surface area contributed by atoms with Crippen LogP contribution in [-0.4, -0.2) is 36.1 Å². The molecule has 0 atom stereocenters. The van der Waals surface area contributed by atoms with Gasteiger partial charge in [0.05, 0.1) is 7.11 Å². The van der Waals surface area contributed by atoms with E-state index in [1.807, 2.05) is 30.3 Å². The predicted molar refractivity (Wildman–Crippen MR) is 136 cm³/mol. The molecule has 1 heterocycles. The van der Waals surface area contributed by atoms with Gasteiger partial charge in [-0.1, -0.05) is 24.3 Å². The molecule has 0 aliphatic heterocycles. The molecule has 0 radical (unpaired) electrons. The number of ether oxygens (including phenoxy) is 2.